The predicted octanol–water partition coefficient (Wildman–Crippen LogP) is 1.01. The van der Waals surface area contributed by atoms with E-state index in [1.165, 1.54) is 29.2 Å². The number of methoxy groups -OCH3 is 1. The van der Waals surface area contributed by atoms with E-state index in [9.17, 15) is 44.7 Å². The zero-order valence-electron chi connectivity index (χ0n) is 25.8. The quantitative estimate of drug-likeness (QED) is 0.177. The van der Waals surface area contributed by atoms with Gasteiger partial charge in [-0.1, -0.05) is 42.5 Å². The summed E-state index contributed by atoms with van der Waals surface area (Å²) in [5.41, 5.74) is 1.45. The Labute approximate surface area is 273 Å². The van der Waals surface area contributed by atoms with Gasteiger partial charge >= 0.3 is 12.1 Å². The Morgan fingerprint density at radius 2 is 1.57 bits per heavy atom. The number of hydrogen-bond donors (Lipinski definition) is 3. The SMILES string of the molecule is COC(=O)[C@H](Cc1ccc(C2CCCN2C(=O)O)cc1)NC(=O)[C@@H]1C[C@H](OS(C)(=O)=O)CN1S(=O)(=O)c1ccccc1.CS(=O)(=O)O. The number of carbonyl (C=O) groups is 3. The topological polar surface area (TPSA) is 231 Å². The third kappa shape index (κ3) is 11.0. The van der Waals surface area contributed by atoms with Crippen LogP contribution in [-0.4, -0.2) is 113 Å². The fourth-order valence-electron chi connectivity index (χ4n) is 5.37. The van der Waals surface area contributed by atoms with Crippen LogP contribution in [0.3, 0.4) is 0 Å². The zero-order chi connectivity index (χ0) is 35.2. The monoisotopic (exact) mass is 719 g/mol. The molecular formula is C28H37N3O13S3. The van der Waals surface area contributed by atoms with Gasteiger partial charge in [0.2, 0.25) is 15.9 Å². The normalized spacial score (nSPS) is 20.9. The summed E-state index contributed by atoms with van der Waals surface area (Å²) in [6, 6.07) is 11.6. The molecule has 2 heterocycles. The van der Waals surface area contributed by atoms with Gasteiger partial charge in [0, 0.05) is 25.9 Å². The molecule has 2 aliphatic heterocycles. The van der Waals surface area contributed by atoms with Crippen LogP contribution in [0.5, 0.6) is 0 Å². The van der Waals surface area contributed by atoms with Gasteiger partial charge in [-0.15, -0.1) is 0 Å². The Morgan fingerprint density at radius 1 is 0.979 bits per heavy atom. The van der Waals surface area contributed by atoms with Crippen molar-refractivity contribution in [2.75, 3.05) is 32.7 Å². The predicted molar refractivity (Wildman–Crippen MR) is 167 cm³/mol. The van der Waals surface area contributed by atoms with Crippen LogP contribution < -0.4 is 5.32 Å². The minimum Gasteiger partial charge on any atom is -0.467 e. The van der Waals surface area contributed by atoms with Crippen molar-refractivity contribution in [1.29, 1.82) is 0 Å². The lowest BCUT2D eigenvalue weighted by atomic mass is 9.99. The lowest BCUT2D eigenvalue weighted by molar-refractivity contribution is -0.145. The number of carbonyl (C=O) groups excluding carboxylic acids is 2. The maximum absolute atomic E-state index is 13.5. The van der Waals surface area contributed by atoms with Crippen molar-refractivity contribution < 1.29 is 58.2 Å². The molecule has 2 saturated heterocycles. The maximum Gasteiger partial charge on any atom is 0.407 e. The first-order valence-corrected chi connectivity index (χ1v) is 19.2. The Morgan fingerprint density at radius 3 is 2.11 bits per heavy atom. The second-order valence-corrected chi connectivity index (χ2v) is 15.9. The van der Waals surface area contributed by atoms with Crippen LogP contribution in [0, 0.1) is 0 Å². The van der Waals surface area contributed by atoms with Crippen LogP contribution in [0.4, 0.5) is 4.79 Å². The summed E-state index contributed by atoms with van der Waals surface area (Å²) >= 11 is 0. The number of carboxylic acid groups (broad SMARTS) is 1. The molecule has 0 bridgehead atoms. The first-order valence-electron chi connectivity index (χ1n) is 14.1. The summed E-state index contributed by atoms with van der Waals surface area (Å²) in [6.45, 7) is 0.0632. The smallest absolute Gasteiger partial charge is 0.407 e. The summed E-state index contributed by atoms with van der Waals surface area (Å²) < 4.78 is 87.1. The van der Waals surface area contributed by atoms with Crippen molar-refractivity contribution in [2.24, 2.45) is 0 Å². The second kappa shape index (κ2) is 15.5. The summed E-state index contributed by atoms with van der Waals surface area (Å²) in [6.07, 6.45) is 0.647. The molecule has 0 spiro atoms. The number of nitrogens with zero attached hydrogens (tertiary/aromatic N) is 2. The minimum atomic E-state index is -4.23. The van der Waals surface area contributed by atoms with E-state index >= 15 is 0 Å². The first-order chi connectivity index (χ1) is 21.8. The lowest BCUT2D eigenvalue weighted by Gasteiger charge is -2.25. The van der Waals surface area contributed by atoms with Gasteiger partial charge in [-0.25, -0.2) is 18.0 Å². The van der Waals surface area contributed by atoms with E-state index in [2.05, 4.69) is 5.32 Å². The molecule has 0 saturated carbocycles. The van der Waals surface area contributed by atoms with Crippen LogP contribution in [0.2, 0.25) is 0 Å². The Kier molecular flexibility index (Phi) is 12.5. The van der Waals surface area contributed by atoms with Crippen LogP contribution >= 0.6 is 0 Å². The van der Waals surface area contributed by atoms with Gasteiger partial charge in [0.1, 0.15) is 12.1 Å². The number of esters is 1. The number of hydrogen-bond acceptors (Lipinski definition) is 11. The van der Waals surface area contributed by atoms with Crippen LogP contribution in [0.15, 0.2) is 59.5 Å². The van der Waals surface area contributed by atoms with Crippen LogP contribution in [-0.2, 0) is 55.2 Å². The molecule has 0 aromatic heterocycles. The number of benzene rings is 2. The van der Waals surface area contributed by atoms with Crippen molar-refractivity contribution >= 4 is 48.2 Å². The number of ether oxygens (including phenoxy) is 1. The molecule has 260 valence electrons. The van der Waals surface area contributed by atoms with Gasteiger partial charge in [0.15, 0.2) is 0 Å². The highest BCUT2D eigenvalue weighted by Crippen LogP contribution is 2.32. The minimum absolute atomic E-state index is 0.00737. The molecule has 47 heavy (non-hydrogen) atoms. The number of likely N-dealkylation sites (tertiary alicyclic amines) is 1. The van der Waals surface area contributed by atoms with Gasteiger partial charge in [0.25, 0.3) is 20.2 Å². The summed E-state index contributed by atoms with van der Waals surface area (Å²) in [7, 11) is -10.7. The highest BCUT2D eigenvalue weighted by molar-refractivity contribution is 7.89. The van der Waals surface area contributed by atoms with E-state index in [1.807, 2.05) is 0 Å². The summed E-state index contributed by atoms with van der Waals surface area (Å²) in [4.78, 5) is 39.0. The highest BCUT2D eigenvalue weighted by atomic mass is 32.2. The van der Waals surface area contributed by atoms with E-state index in [1.54, 1.807) is 30.3 Å². The standard InChI is InChI=1S/C27H33N3O10S2.CH4O3S/c1-39-26(32)22(15-18-10-12-19(13-11-18)23-9-6-14-29(23)27(33)34)28-25(31)24-16-20(40-41(2,35)36)17-30(24)42(37,38)21-7-4-3-5-8-21;1-5(2,3)4/h3-5,7-8,10-13,20,22-24H,6,9,14-17H2,1-2H3,(H,28,31)(H,33,34);1H3,(H,2,3,4)/t20-,22-,23?,24-;/m0./s1. The van der Waals surface area contributed by atoms with Crippen molar-refractivity contribution in [2.45, 2.75) is 54.8 Å². The highest BCUT2D eigenvalue weighted by Gasteiger charge is 2.46. The molecule has 16 nitrogen and oxygen atoms in total. The molecule has 4 atom stereocenters. The van der Waals surface area contributed by atoms with E-state index in [0.29, 0.717) is 24.8 Å². The first kappa shape index (κ1) is 37.8. The largest absolute Gasteiger partial charge is 0.467 e. The molecule has 3 N–H and O–H groups in total. The molecule has 4 rings (SSSR count). The van der Waals surface area contributed by atoms with Gasteiger partial charge in [-0.05, 0) is 36.1 Å². The molecule has 19 heteroatoms. The van der Waals surface area contributed by atoms with Gasteiger partial charge in [-0.2, -0.15) is 21.1 Å². The van der Waals surface area contributed by atoms with Crippen LogP contribution in [0.25, 0.3) is 0 Å². The maximum atomic E-state index is 13.5. The molecular weight excluding hydrogens is 683 g/mol. The number of rotatable bonds is 10. The van der Waals surface area contributed by atoms with E-state index in [-0.39, 0.29) is 30.3 Å². The molecule has 2 fully saturated rings. The third-order valence-corrected chi connectivity index (χ3v) is 9.80. The second-order valence-electron chi connectivity index (χ2n) is 11.0. The number of amides is 2. The average Bonchev–Trinajstić information content (AvgIpc) is 3.64. The summed E-state index contributed by atoms with van der Waals surface area (Å²) in [5.74, 6) is -1.58. The molecule has 0 aliphatic carbocycles. The van der Waals surface area contributed by atoms with Gasteiger partial charge in [-0.3, -0.25) is 13.5 Å². The molecule has 2 aromatic carbocycles. The Bertz CT molecular complexity index is 1740. The van der Waals surface area contributed by atoms with E-state index in [4.69, 9.17) is 13.5 Å². The van der Waals surface area contributed by atoms with E-state index < -0.39 is 66.4 Å². The lowest BCUT2D eigenvalue weighted by Crippen LogP contribution is -2.51. The number of nitrogens with one attached hydrogen (secondary N) is 1. The number of sulfonamides is 1. The van der Waals surface area contributed by atoms with Crippen molar-refractivity contribution in [3.8, 4) is 0 Å². The molecule has 2 aliphatic rings. The average molecular weight is 720 g/mol. The van der Waals surface area contributed by atoms with Crippen molar-refractivity contribution in [3.63, 3.8) is 0 Å². The third-order valence-electron chi connectivity index (χ3n) is 7.29. The molecule has 2 aromatic rings. The molecule has 2 amide bonds. The molecule has 1 unspecified atom stereocenters. The summed E-state index contributed by atoms with van der Waals surface area (Å²) in [5, 5.41) is 12.0. The van der Waals surface area contributed by atoms with E-state index in [0.717, 1.165) is 29.7 Å². The zero-order valence-corrected chi connectivity index (χ0v) is 28.2. The van der Waals surface area contributed by atoms with Gasteiger partial charge < -0.3 is 20.1 Å². The van der Waals surface area contributed by atoms with Crippen molar-refractivity contribution in [1.82, 2.24) is 14.5 Å². The van der Waals surface area contributed by atoms with Crippen molar-refractivity contribution in [3.05, 3.63) is 65.7 Å². The Balaban J connectivity index is 0.00000111. The Hall–Kier alpha value is -3.62. The fourth-order valence-corrected chi connectivity index (χ4v) is 7.66. The molecule has 0 radical (unpaired) electrons. The van der Waals surface area contributed by atoms with Crippen LogP contribution in [0.1, 0.15) is 36.4 Å². The fraction of sp³-hybridized carbons (Fsp3) is 0.464. The van der Waals surface area contributed by atoms with Gasteiger partial charge in [0.05, 0.1) is 36.7 Å².